The zero-order valence-electron chi connectivity index (χ0n) is 16.2. The number of rotatable bonds is 1. The average molecular weight is 408 g/mol. The van der Waals surface area contributed by atoms with Gasteiger partial charge in [0, 0.05) is 0 Å². The van der Waals surface area contributed by atoms with Crippen molar-refractivity contribution in [3.63, 3.8) is 0 Å². The van der Waals surface area contributed by atoms with Gasteiger partial charge in [0.2, 0.25) is 5.66 Å². The number of para-hydroxylation sites is 4. The zero-order valence-corrected chi connectivity index (χ0v) is 16.2. The van der Waals surface area contributed by atoms with E-state index in [4.69, 9.17) is 0 Å². The van der Waals surface area contributed by atoms with Crippen LogP contribution in [0.2, 0.25) is 0 Å². The van der Waals surface area contributed by atoms with Gasteiger partial charge in [-0.2, -0.15) is 0 Å². The number of Topliss-reactive ketones (excluding diaryl/α,β-unsaturated/α-hetero) is 1. The first kappa shape index (κ1) is 17.5. The van der Waals surface area contributed by atoms with Gasteiger partial charge in [-0.05, 0) is 29.8 Å². The molecule has 0 unspecified atom stereocenters. The number of benzene rings is 3. The molecule has 3 N–H and O–H groups in total. The van der Waals surface area contributed by atoms with E-state index in [1.165, 1.54) is 4.90 Å². The van der Waals surface area contributed by atoms with Crippen molar-refractivity contribution in [2.45, 2.75) is 5.66 Å². The molecule has 7 nitrogen and oxygen atoms in total. The Morgan fingerprint density at radius 1 is 0.677 bits per heavy atom. The molecule has 0 aromatic heterocycles. The lowest BCUT2D eigenvalue weighted by atomic mass is 9.91. The van der Waals surface area contributed by atoms with E-state index < -0.39 is 23.3 Å². The number of nitrogens with zero attached hydrogens (tertiary/aromatic N) is 1. The van der Waals surface area contributed by atoms with Gasteiger partial charge in [0.1, 0.15) is 0 Å². The largest absolute Gasteiger partial charge is 0.353 e. The molecule has 3 aliphatic rings. The Morgan fingerprint density at radius 3 is 2.10 bits per heavy atom. The Morgan fingerprint density at radius 2 is 1.32 bits per heavy atom. The number of amides is 2. The van der Waals surface area contributed by atoms with Crippen LogP contribution in [0.15, 0.2) is 84.4 Å². The first-order valence-electron chi connectivity index (χ1n) is 9.85. The van der Waals surface area contributed by atoms with Gasteiger partial charge >= 0.3 is 5.91 Å². The summed E-state index contributed by atoms with van der Waals surface area (Å²) in [7, 11) is 0. The summed E-state index contributed by atoms with van der Waals surface area (Å²) in [5.41, 5.74) is 1.74. The molecule has 3 heterocycles. The number of hydrogen-bond donors (Lipinski definition) is 3. The van der Waals surface area contributed by atoms with Crippen LogP contribution in [0.5, 0.6) is 0 Å². The maximum Gasteiger partial charge on any atom is 0.301 e. The van der Waals surface area contributed by atoms with Crippen molar-refractivity contribution in [3.8, 4) is 0 Å². The quantitative estimate of drug-likeness (QED) is 0.538. The summed E-state index contributed by atoms with van der Waals surface area (Å²) < 4.78 is 0. The van der Waals surface area contributed by atoms with Crippen LogP contribution in [0.4, 0.5) is 22.7 Å². The normalized spacial score (nSPS) is 21.2. The van der Waals surface area contributed by atoms with Crippen molar-refractivity contribution in [3.05, 3.63) is 90.0 Å². The summed E-state index contributed by atoms with van der Waals surface area (Å²) in [5, 5.41) is 9.43. The summed E-state index contributed by atoms with van der Waals surface area (Å²) in [4.78, 5) is 41.7. The molecule has 0 saturated carbocycles. The SMILES string of the molecule is O=C1C(=O)N2c3ccccc3NC(=O)[C@]23Nc2ccccc2NC(c2ccccc2)=C13. The predicted octanol–water partition coefficient (Wildman–Crippen LogP) is 3.20. The second kappa shape index (κ2) is 6.06. The van der Waals surface area contributed by atoms with Gasteiger partial charge in [-0.1, -0.05) is 54.6 Å². The van der Waals surface area contributed by atoms with Crippen molar-refractivity contribution in [2.24, 2.45) is 0 Å². The molecule has 3 aromatic carbocycles. The maximum atomic E-state index is 13.6. The molecular formula is C24H16N4O3. The number of hydrogen-bond acceptors (Lipinski definition) is 5. The highest BCUT2D eigenvalue weighted by molar-refractivity contribution is 6.56. The molecule has 1 atom stereocenters. The maximum absolute atomic E-state index is 13.6. The summed E-state index contributed by atoms with van der Waals surface area (Å²) in [6.07, 6.45) is 0. The van der Waals surface area contributed by atoms with Crippen LogP contribution in [-0.2, 0) is 14.4 Å². The minimum absolute atomic E-state index is 0.0758. The van der Waals surface area contributed by atoms with Gasteiger partial charge in [-0.15, -0.1) is 0 Å². The first-order valence-corrected chi connectivity index (χ1v) is 9.85. The smallest absolute Gasteiger partial charge is 0.301 e. The monoisotopic (exact) mass is 408 g/mol. The third-order valence-corrected chi connectivity index (χ3v) is 5.86. The molecule has 2 amide bonds. The minimum Gasteiger partial charge on any atom is -0.353 e. The van der Waals surface area contributed by atoms with Crippen molar-refractivity contribution in [1.29, 1.82) is 0 Å². The number of carbonyl (C=O) groups excluding carboxylic acids is 3. The number of nitrogens with one attached hydrogen (secondary N) is 3. The molecule has 150 valence electrons. The summed E-state index contributed by atoms with van der Waals surface area (Å²) in [5.74, 6) is -1.97. The lowest BCUT2D eigenvalue weighted by Crippen LogP contribution is -2.63. The summed E-state index contributed by atoms with van der Waals surface area (Å²) in [6.45, 7) is 0. The number of fused-ring (bicyclic) bond motifs is 3. The van der Waals surface area contributed by atoms with Crippen LogP contribution in [0.1, 0.15) is 5.56 Å². The van der Waals surface area contributed by atoms with E-state index in [0.29, 0.717) is 34.0 Å². The highest BCUT2D eigenvalue weighted by atomic mass is 16.2. The summed E-state index contributed by atoms with van der Waals surface area (Å²) in [6, 6.07) is 23.6. The van der Waals surface area contributed by atoms with Crippen molar-refractivity contribution >= 4 is 46.0 Å². The van der Waals surface area contributed by atoms with Crippen LogP contribution in [-0.4, -0.2) is 23.3 Å². The lowest BCUT2D eigenvalue weighted by molar-refractivity contribution is -0.132. The van der Waals surface area contributed by atoms with E-state index in [2.05, 4.69) is 16.0 Å². The van der Waals surface area contributed by atoms with Gasteiger partial charge in [0.25, 0.3) is 11.7 Å². The van der Waals surface area contributed by atoms with Crippen molar-refractivity contribution in [2.75, 3.05) is 20.9 Å². The zero-order chi connectivity index (χ0) is 21.2. The molecule has 7 heteroatoms. The standard InChI is InChI=1S/C24H16N4O3/c29-21-19-20(14-8-2-1-3-9-14)25-15-10-4-5-11-16(15)27-24(19)23(31)26-17-12-6-7-13-18(17)28(24)22(21)30/h1-13,25,27H,(H,26,31)/t24-/m1/s1. The molecule has 1 saturated heterocycles. The second-order valence-corrected chi connectivity index (χ2v) is 7.56. The van der Waals surface area contributed by atoms with Gasteiger partial charge in [-0.25, -0.2) is 0 Å². The fourth-order valence-electron chi connectivity index (χ4n) is 4.51. The third-order valence-electron chi connectivity index (χ3n) is 5.86. The van der Waals surface area contributed by atoms with Crippen LogP contribution in [0.25, 0.3) is 5.70 Å². The third kappa shape index (κ3) is 2.20. The Balaban J connectivity index is 1.73. The Kier molecular flexibility index (Phi) is 3.41. The van der Waals surface area contributed by atoms with Crippen LogP contribution < -0.4 is 20.9 Å². The molecular weight excluding hydrogens is 392 g/mol. The number of anilines is 4. The van der Waals surface area contributed by atoms with Gasteiger partial charge in [0.15, 0.2) is 0 Å². The van der Waals surface area contributed by atoms with E-state index in [1.54, 1.807) is 24.3 Å². The molecule has 0 aliphatic carbocycles. The minimum atomic E-state index is -1.71. The molecule has 1 spiro atoms. The Labute approximate surface area is 177 Å². The molecule has 3 aliphatic heterocycles. The Bertz CT molecular complexity index is 1330. The molecule has 3 aromatic rings. The van der Waals surface area contributed by atoms with Crippen LogP contribution in [0.3, 0.4) is 0 Å². The topological polar surface area (TPSA) is 90.5 Å². The molecule has 0 bridgehead atoms. The average Bonchev–Trinajstić information content (AvgIpc) is 2.93. The van der Waals surface area contributed by atoms with E-state index >= 15 is 0 Å². The fourth-order valence-corrected chi connectivity index (χ4v) is 4.51. The fraction of sp³-hybridized carbons (Fsp3) is 0.0417. The predicted molar refractivity (Wildman–Crippen MR) is 117 cm³/mol. The van der Waals surface area contributed by atoms with E-state index in [0.717, 1.165) is 0 Å². The van der Waals surface area contributed by atoms with Gasteiger partial charge in [-0.3, -0.25) is 19.3 Å². The van der Waals surface area contributed by atoms with E-state index in [-0.39, 0.29) is 5.57 Å². The number of carbonyl (C=O) groups is 3. The Hall–Kier alpha value is -4.39. The molecule has 1 fully saturated rings. The summed E-state index contributed by atoms with van der Waals surface area (Å²) >= 11 is 0. The molecule has 0 radical (unpaired) electrons. The highest BCUT2D eigenvalue weighted by Gasteiger charge is 2.65. The van der Waals surface area contributed by atoms with Crippen LogP contribution >= 0.6 is 0 Å². The molecule has 31 heavy (non-hydrogen) atoms. The molecule has 6 rings (SSSR count). The van der Waals surface area contributed by atoms with E-state index in [1.807, 2.05) is 54.6 Å². The number of ketones is 1. The van der Waals surface area contributed by atoms with E-state index in [9.17, 15) is 14.4 Å². The second-order valence-electron chi connectivity index (χ2n) is 7.56. The lowest BCUT2D eigenvalue weighted by Gasteiger charge is -2.42. The van der Waals surface area contributed by atoms with Crippen LogP contribution in [0, 0.1) is 0 Å². The van der Waals surface area contributed by atoms with Gasteiger partial charge in [0.05, 0.1) is 34.0 Å². The van der Waals surface area contributed by atoms with Gasteiger partial charge < -0.3 is 16.0 Å². The first-order chi connectivity index (χ1) is 15.1. The van der Waals surface area contributed by atoms with Crippen molar-refractivity contribution < 1.29 is 14.4 Å². The van der Waals surface area contributed by atoms with Crippen molar-refractivity contribution in [1.82, 2.24) is 0 Å². The highest BCUT2D eigenvalue weighted by Crippen LogP contribution is 2.49.